The quantitative estimate of drug-likeness (QED) is 0.796. The summed E-state index contributed by atoms with van der Waals surface area (Å²) in [6.45, 7) is -0.0373. The highest BCUT2D eigenvalue weighted by atomic mass is 32.2. The predicted octanol–water partition coefficient (Wildman–Crippen LogP) is 1.56. The second-order valence-corrected chi connectivity index (χ2v) is 5.86. The molecule has 2 N–H and O–H groups in total. The lowest BCUT2D eigenvalue weighted by molar-refractivity contribution is -0.274. The Labute approximate surface area is 120 Å². The number of halogens is 3. The molecule has 0 fully saturated rings. The third kappa shape index (κ3) is 6.19. The van der Waals surface area contributed by atoms with Crippen molar-refractivity contribution in [1.82, 2.24) is 4.31 Å². The Bertz CT molecular complexity index is 546. The van der Waals surface area contributed by atoms with E-state index in [1.165, 1.54) is 7.05 Å². The van der Waals surface area contributed by atoms with Crippen molar-refractivity contribution < 1.29 is 31.4 Å². The molecule has 1 rings (SSSR count). The minimum absolute atomic E-state index is 0.0976. The topological polar surface area (TPSA) is 78.9 Å². The molecule has 0 aromatic heterocycles. The van der Waals surface area contributed by atoms with Crippen LogP contribution in [0.2, 0.25) is 0 Å². The molecular formula is C11H15F3N2O4S. The number of nitrogens with zero attached hydrogens (tertiary/aromatic N) is 1. The van der Waals surface area contributed by atoms with Gasteiger partial charge in [0, 0.05) is 20.2 Å². The second-order valence-electron chi connectivity index (χ2n) is 4.08. The SMILES string of the molecule is CN(CCCO)S(=O)(=O)Nc1ccc(OC(F)(F)F)cc1. The highest BCUT2D eigenvalue weighted by Crippen LogP contribution is 2.24. The molecule has 0 saturated carbocycles. The molecule has 0 aliphatic rings. The lowest BCUT2D eigenvalue weighted by Crippen LogP contribution is -2.33. The van der Waals surface area contributed by atoms with Crippen molar-refractivity contribution in [3.05, 3.63) is 24.3 Å². The lowest BCUT2D eigenvalue weighted by atomic mass is 10.3. The van der Waals surface area contributed by atoms with Crippen molar-refractivity contribution in [3.8, 4) is 5.75 Å². The van der Waals surface area contributed by atoms with Crippen molar-refractivity contribution in [2.24, 2.45) is 0 Å². The summed E-state index contributed by atoms with van der Waals surface area (Å²) >= 11 is 0. The van der Waals surface area contributed by atoms with Gasteiger partial charge in [0.1, 0.15) is 5.75 Å². The molecule has 10 heteroatoms. The summed E-state index contributed by atoms with van der Waals surface area (Å²) in [6, 6.07) is 4.30. The number of hydrogen-bond donors (Lipinski definition) is 2. The number of aliphatic hydroxyl groups is 1. The molecule has 0 atom stereocenters. The van der Waals surface area contributed by atoms with Gasteiger partial charge in [-0.25, -0.2) is 0 Å². The third-order valence-electron chi connectivity index (χ3n) is 2.38. The molecule has 6 nitrogen and oxygen atoms in total. The van der Waals surface area contributed by atoms with E-state index in [-0.39, 0.29) is 25.3 Å². The summed E-state index contributed by atoms with van der Waals surface area (Å²) < 4.78 is 66.5. The Morgan fingerprint density at radius 3 is 2.33 bits per heavy atom. The molecule has 0 heterocycles. The molecule has 0 unspecified atom stereocenters. The Kier molecular flexibility index (Phi) is 5.81. The van der Waals surface area contributed by atoms with Crippen LogP contribution in [0.15, 0.2) is 24.3 Å². The number of nitrogens with one attached hydrogen (secondary N) is 1. The van der Waals surface area contributed by atoms with Crippen molar-refractivity contribution in [2.75, 3.05) is 24.9 Å². The maximum atomic E-state index is 12.0. The molecule has 0 aliphatic heterocycles. The fraction of sp³-hybridized carbons (Fsp3) is 0.455. The van der Waals surface area contributed by atoms with E-state index in [4.69, 9.17) is 5.11 Å². The Morgan fingerprint density at radius 1 is 1.29 bits per heavy atom. The van der Waals surface area contributed by atoms with Crippen LogP contribution in [0.1, 0.15) is 6.42 Å². The van der Waals surface area contributed by atoms with Gasteiger partial charge in [-0.15, -0.1) is 13.2 Å². The van der Waals surface area contributed by atoms with Gasteiger partial charge in [-0.05, 0) is 30.7 Å². The van der Waals surface area contributed by atoms with Crippen molar-refractivity contribution >= 4 is 15.9 Å². The van der Waals surface area contributed by atoms with Crippen LogP contribution in [0, 0.1) is 0 Å². The molecule has 0 aliphatic carbocycles. The molecular weight excluding hydrogens is 313 g/mol. The average molecular weight is 328 g/mol. The van der Waals surface area contributed by atoms with Gasteiger partial charge in [0.15, 0.2) is 0 Å². The summed E-state index contributed by atoms with van der Waals surface area (Å²) in [5.41, 5.74) is 0.0976. The summed E-state index contributed by atoms with van der Waals surface area (Å²) in [5.74, 6) is -0.445. The fourth-order valence-electron chi connectivity index (χ4n) is 1.37. The Hall–Kier alpha value is -1.52. The zero-order chi connectivity index (χ0) is 16.1. The molecule has 0 saturated heterocycles. The van der Waals surface area contributed by atoms with Gasteiger partial charge in [0.2, 0.25) is 0 Å². The number of aliphatic hydroxyl groups excluding tert-OH is 1. The predicted molar refractivity (Wildman–Crippen MR) is 70.0 cm³/mol. The van der Waals surface area contributed by atoms with Crippen molar-refractivity contribution in [3.63, 3.8) is 0 Å². The summed E-state index contributed by atoms with van der Waals surface area (Å²) in [4.78, 5) is 0. The van der Waals surface area contributed by atoms with E-state index in [1.54, 1.807) is 0 Å². The highest BCUT2D eigenvalue weighted by Gasteiger charge is 2.31. The van der Waals surface area contributed by atoms with Gasteiger partial charge in [-0.2, -0.15) is 12.7 Å². The molecule has 0 radical (unpaired) electrons. The largest absolute Gasteiger partial charge is 0.573 e. The van der Waals surface area contributed by atoms with E-state index in [0.717, 1.165) is 28.6 Å². The normalized spacial score (nSPS) is 12.5. The molecule has 21 heavy (non-hydrogen) atoms. The van der Waals surface area contributed by atoms with Crippen molar-refractivity contribution in [1.29, 1.82) is 0 Å². The van der Waals surface area contributed by atoms with Gasteiger partial charge in [-0.1, -0.05) is 0 Å². The number of anilines is 1. The number of ether oxygens (including phenoxy) is 1. The van der Waals surface area contributed by atoms with Crippen LogP contribution >= 0.6 is 0 Å². The van der Waals surface area contributed by atoms with Gasteiger partial charge in [-0.3, -0.25) is 4.72 Å². The first-order valence-electron chi connectivity index (χ1n) is 5.85. The standard InChI is InChI=1S/C11H15F3N2O4S/c1-16(7-2-8-17)21(18,19)15-9-3-5-10(6-4-9)20-11(12,13)14/h3-6,15,17H,2,7-8H2,1H3. The molecule has 1 aromatic carbocycles. The van der Waals surface area contributed by atoms with E-state index in [0.29, 0.717) is 0 Å². The van der Waals surface area contributed by atoms with Gasteiger partial charge in [0.25, 0.3) is 0 Å². The van der Waals surface area contributed by atoms with Crippen LogP contribution in [0.5, 0.6) is 5.75 Å². The first-order chi connectivity index (χ1) is 9.64. The minimum atomic E-state index is -4.80. The summed E-state index contributed by atoms with van der Waals surface area (Å²) in [7, 11) is -2.51. The maximum Gasteiger partial charge on any atom is 0.573 e. The fourth-order valence-corrected chi connectivity index (χ4v) is 2.32. The zero-order valence-corrected chi connectivity index (χ0v) is 11.9. The molecule has 0 spiro atoms. The number of hydrogen-bond acceptors (Lipinski definition) is 4. The number of rotatable bonds is 7. The average Bonchev–Trinajstić information content (AvgIpc) is 2.36. The Morgan fingerprint density at radius 2 is 1.86 bits per heavy atom. The van der Waals surface area contributed by atoms with Crippen LogP contribution in [0.25, 0.3) is 0 Å². The number of benzene rings is 1. The Balaban J connectivity index is 2.71. The second kappa shape index (κ2) is 6.96. The molecule has 120 valence electrons. The minimum Gasteiger partial charge on any atom is -0.406 e. The third-order valence-corrected chi connectivity index (χ3v) is 3.87. The molecule has 0 bridgehead atoms. The van der Waals surface area contributed by atoms with Gasteiger partial charge < -0.3 is 9.84 Å². The van der Waals surface area contributed by atoms with E-state index >= 15 is 0 Å². The van der Waals surface area contributed by atoms with E-state index in [9.17, 15) is 21.6 Å². The van der Waals surface area contributed by atoms with Gasteiger partial charge in [0.05, 0.1) is 5.69 Å². The van der Waals surface area contributed by atoms with Crippen LogP contribution in [0.3, 0.4) is 0 Å². The first-order valence-corrected chi connectivity index (χ1v) is 7.29. The summed E-state index contributed by atoms with van der Waals surface area (Å²) in [6.07, 6.45) is -4.53. The monoisotopic (exact) mass is 328 g/mol. The molecule has 0 amide bonds. The lowest BCUT2D eigenvalue weighted by Gasteiger charge is -2.18. The van der Waals surface area contributed by atoms with E-state index in [2.05, 4.69) is 9.46 Å². The van der Waals surface area contributed by atoms with Crippen LogP contribution in [-0.4, -0.2) is 44.4 Å². The van der Waals surface area contributed by atoms with Crippen molar-refractivity contribution in [2.45, 2.75) is 12.8 Å². The first kappa shape index (κ1) is 17.5. The molecule has 1 aromatic rings. The maximum absolute atomic E-state index is 12.0. The van der Waals surface area contributed by atoms with E-state index < -0.39 is 22.3 Å². The van der Waals surface area contributed by atoms with E-state index in [1.807, 2.05) is 0 Å². The van der Waals surface area contributed by atoms with Crippen LogP contribution in [-0.2, 0) is 10.2 Å². The number of alkyl halides is 3. The van der Waals surface area contributed by atoms with Crippen LogP contribution < -0.4 is 9.46 Å². The summed E-state index contributed by atoms with van der Waals surface area (Å²) in [5, 5.41) is 8.65. The zero-order valence-electron chi connectivity index (χ0n) is 11.1. The highest BCUT2D eigenvalue weighted by molar-refractivity contribution is 7.90. The van der Waals surface area contributed by atoms with Gasteiger partial charge >= 0.3 is 16.6 Å². The smallest absolute Gasteiger partial charge is 0.406 e. The van der Waals surface area contributed by atoms with Crippen LogP contribution in [0.4, 0.5) is 18.9 Å².